The molecule has 0 aromatic heterocycles. The third-order valence-electron chi connectivity index (χ3n) is 2.94. The summed E-state index contributed by atoms with van der Waals surface area (Å²) in [5.41, 5.74) is 0.253. The number of carbonyl (C=O) groups excluding carboxylic acids is 2. The Hall–Kier alpha value is -2.32. The monoisotopic (exact) mass is 327 g/mol. The van der Waals surface area contributed by atoms with Crippen LogP contribution in [0.5, 0.6) is 11.5 Å². The summed E-state index contributed by atoms with van der Waals surface area (Å²) < 4.78 is 20.0. The Morgan fingerprint density at radius 3 is 2.48 bits per heavy atom. The van der Waals surface area contributed by atoms with Gasteiger partial charge in [0.25, 0.3) is 5.91 Å². The van der Waals surface area contributed by atoms with E-state index in [9.17, 15) is 9.59 Å². The van der Waals surface area contributed by atoms with Crippen molar-refractivity contribution in [1.82, 2.24) is 5.32 Å². The molecule has 1 unspecified atom stereocenters. The maximum Gasteiger partial charge on any atom is 0.330 e. The maximum atomic E-state index is 12.1. The fourth-order valence-corrected chi connectivity index (χ4v) is 1.73. The van der Waals surface area contributed by atoms with Crippen LogP contribution in [0.4, 0.5) is 0 Å². The second-order valence-corrected chi connectivity index (χ2v) is 4.44. The number of aliphatic hydroxyl groups is 1. The minimum absolute atomic E-state index is 0.253. The third kappa shape index (κ3) is 5.42. The Kier molecular flexibility index (Phi) is 7.86. The Morgan fingerprint density at radius 2 is 1.91 bits per heavy atom. The molecule has 23 heavy (non-hydrogen) atoms. The molecule has 0 heterocycles. The average molecular weight is 327 g/mol. The number of esters is 1. The number of amides is 1. The number of rotatable bonds is 9. The fraction of sp³-hybridized carbons (Fsp3) is 0.467. The molecule has 1 aromatic rings. The van der Waals surface area contributed by atoms with Gasteiger partial charge >= 0.3 is 5.97 Å². The zero-order chi connectivity index (χ0) is 17.2. The number of hydrogen-bond acceptors (Lipinski definition) is 7. The minimum atomic E-state index is -1.13. The summed E-state index contributed by atoms with van der Waals surface area (Å²) in [5.74, 6) is -0.441. The molecule has 8 heteroatoms. The first-order chi connectivity index (χ1) is 11.1. The molecule has 0 aliphatic carbocycles. The molecule has 0 saturated heterocycles. The number of ether oxygens (including phenoxy) is 4. The van der Waals surface area contributed by atoms with Gasteiger partial charge in [0.05, 0.1) is 27.4 Å². The molecule has 2 N–H and O–H groups in total. The van der Waals surface area contributed by atoms with E-state index in [1.54, 1.807) is 13.2 Å². The summed E-state index contributed by atoms with van der Waals surface area (Å²) in [6.07, 6.45) is 0. The number of methoxy groups -OCH3 is 3. The van der Waals surface area contributed by atoms with Crippen LogP contribution in [0.25, 0.3) is 0 Å². The van der Waals surface area contributed by atoms with Gasteiger partial charge in [0, 0.05) is 12.7 Å². The van der Waals surface area contributed by atoms with Crippen molar-refractivity contribution in [2.24, 2.45) is 0 Å². The van der Waals surface area contributed by atoms with E-state index in [4.69, 9.17) is 19.3 Å². The lowest BCUT2D eigenvalue weighted by molar-refractivity contribution is -0.143. The highest BCUT2D eigenvalue weighted by molar-refractivity contribution is 5.97. The van der Waals surface area contributed by atoms with Crippen LogP contribution in [0, 0.1) is 0 Å². The molecule has 0 saturated carbocycles. The van der Waals surface area contributed by atoms with E-state index in [0.717, 1.165) is 0 Å². The van der Waals surface area contributed by atoms with Gasteiger partial charge in [-0.3, -0.25) is 4.79 Å². The van der Waals surface area contributed by atoms with Gasteiger partial charge in [-0.2, -0.15) is 0 Å². The van der Waals surface area contributed by atoms with Crippen molar-refractivity contribution < 1.29 is 33.6 Å². The Labute approximate surface area is 134 Å². The zero-order valence-electron chi connectivity index (χ0n) is 13.3. The Morgan fingerprint density at radius 1 is 1.17 bits per heavy atom. The van der Waals surface area contributed by atoms with Crippen molar-refractivity contribution in [3.8, 4) is 11.5 Å². The highest BCUT2D eigenvalue weighted by atomic mass is 16.5. The van der Waals surface area contributed by atoms with E-state index in [0.29, 0.717) is 24.7 Å². The van der Waals surface area contributed by atoms with Crippen LogP contribution >= 0.6 is 0 Å². The second kappa shape index (κ2) is 9.65. The van der Waals surface area contributed by atoms with Crippen LogP contribution in [0.2, 0.25) is 0 Å². The van der Waals surface area contributed by atoms with Crippen LogP contribution in [0.1, 0.15) is 10.4 Å². The van der Waals surface area contributed by atoms with Crippen molar-refractivity contribution in [2.75, 3.05) is 41.2 Å². The summed E-state index contributed by atoms with van der Waals surface area (Å²) >= 11 is 0. The molecule has 0 bridgehead atoms. The molecule has 1 aromatic carbocycles. The Balaban J connectivity index is 2.83. The van der Waals surface area contributed by atoms with E-state index in [2.05, 4.69) is 10.1 Å². The largest absolute Gasteiger partial charge is 0.493 e. The number of hydrogen-bond donors (Lipinski definition) is 2. The third-order valence-corrected chi connectivity index (χ3v) is 2.94. The van der Waals surface area contributed by atoms with Gasteiger partial charge in [-0.1, -0.05) is 0 Å². The molecular formula is C15H21NO7. The second-order valence-electron chi connectivity index (χ2n) is 4.44. The first-order valence-electron chi connectivity index (χ1n) is 6.86. The van der Waals surface area contributed by atoms with Crippen molar-refractivity contribution >= 4 is 11.9 Å². The molecule has 0 aliphatic heterocycles. The highest BCUT2D eigenvalue weighted by Gasteiger charge is 2.21. The molecule has 8 nitrogen and oxygen atoms in total. The number of benzene rings is 1. The normalized spacial score (nSPS) is 11.5. The predicted octanol–water partition coefficient (Wildman–Crippen LogP) is -0.0159. The maximum absolute atomic E-state index is 12.1. The fourth-order valence-electron chi connectivity index (χ4n) is 1.73. The highest BCUT2D eigenvalue weighted by Crippen LogP contribution is 2.28. The summed E-state index contributed by atoms with van der Waals surface area (Å²) in [6.45, 7) is 0.198. The zero-order valence-corrected chi connectivity index (χ0v) is 13.3. The van der Waals surface area contributed by atoms with Gasteiger partial charge in [0.2, 0.25) is 0 Å². The summed E-state index contributed by atoms with van der Waals surface area (Å²) in [4.78, 5) is 23.5. The van der Waals surface area contributed by atoms with E-state index < -0.39 is 24.5 Å². The summed E-state index contributed by atoms with van der Waals surface area (Å²) in [6, 6.07) is 3.45. The first kappa shape index (κ1) is 18.7. The Bertz CT molecular complexity index is 533. The van der Waals surface area contributed by atoms with Crippen molar-refractivity contribution in [3.63, 3.8) is 0 Å². The van der Waals surface area contributed by atoms with E-state index in [1.165, 1.54) is 26.4 Å². The molecule has 0 aliphatic rings. The predicted molar refractivity (Wildman–Crippen MR) is 80.7 cm³/mol. The lowest BCUT2D eigenvalue weighted by Gasteiger charge is -2.15. The topological polar surface area (TPSA) is 103 Å². The molecule has 0 spiro atoms. The van der Waals surface area contributed by atoms with Gasteiger partial charge in [-0.25, -0.2) is 4.79 Å². The smallest absolute Gasteiger partial charge is 0.330 e. The lowest BCUT2D eigenvalue weighted by atomic mass is 10.1. The van der Waals surface area contributed by atoms with Crippen molar-refractivity contribution in [1.29, 1.82) is 0 Å². The number of carbonyl (C=O) groups is 2. The van der Waals surface area contributed by atoms with Gasteiger partial charge < -0.3 is 29.4 Å². The SMILES string of the molecule is COCCOc1ccc(C(=O)NC(CO)C(=O)OC)cc1OC. The lowest BCUT2D eigenvalue weighted by Crippen LogP contribution is -2.44. The molecule has 0 fully saturated rings. The van der Waals surface area contributed by atoms with Crippen LogP contribution in [-0.4, -0.2) is 64.2 Å². The van der Waals surface area contributed by atoms with Gasteiger partial charge in [-0.15, -0.1) is 0 Å². The van der Waals surface area contributed by atoms with Crippen LogP contribution in [0.15, 0.2) is 18.2 Å². The molecule has 0 radical (unpaired) electrons. The minimum Gasteiger partial charge on any atom is -0.493 e. The number of aliphatic hydroxyl groups excluding tert-OH is 1. The average Bonchev–Trinajstić information content (AvgIpc) is 2.59. The molecule has 128 valence electrons. The van der Waals surface area contributed by atoms with E-state index in [1.807, 2.05) is 0 Å². The molecule has 1 atom stereocenters. The first-order valence-corrected chi connectivity index (χ1v) is 6.86. The van der Waals surface area contributed by atoms with Crippen molar-refractivity contribution in [2.45, 2.75) is 6.04 Å². The summed E-state index contributed by atoms with van der Waals surface area (Å²) in [7, 11) is 4.18. The van der Waals surface area contributed by atoms with Crippen LogP contribution in [-0.2, 0) is 14.3 Å². The quantitative estimate of drug-likeness (QED) is 0.485. The number of nitrogens with one attached hydrogen (secondary N) is 1. The standard InChI is InChI=1S/C15H21NO7/c1-20-6-7-23-12-5-4-10(8-13(12)21-2)14(18)16-11(9-17)15(19)22-3/h4-5,8,11,17H,6-7,9H2,1-3H3,(H,16,18). The molecule has 1 rings (SSSR count). The molecule has 1 amide bonds. The van der Waals surface area contributed by atoms with Gasteiger partial charge in [0.1, 0.15) is 6.61 Å². The van der Waals surface area contributed by atoms with Crippen LogP contribution < -0.4 is 14.8 Å². The van der Waals surface area contributed by atoms with E-state index >= 15 is 0 Å². The van der Waals surface area contributed by atoms with Crippen LogP contribution in [0.3, 0.4) is 0 Å². The van der Waals surface area contributed by atoms with E-state index in [-0.39, 0.29) is 5.56 Å². The van der Waals surface area contributed by atoms with Crippen molar-refractivity contribution in [3.05, 3.63) is 23.8 Å². The van der Waals surface area contributed by atoms with Gasteiger partial charge in [0.15, 0.2) is 17.5 Å². The molecular weight excluding hydrogens is 306 g/mol. The summed E-state index contributed by atoms with van der Waals surface area (Å²) in [5, 5.41) is 11.5. The van der Waals surface area contributed by atoms with Gasteiger partial charge in [-0.05, 0) is 18.2 Å².